The smallest absolute Gasteiger partial charge is 0.414 e. The summed E-state index contributed by atoms with van der Waals surface area (Å²) in [5.74, 6) is -1.68. The Labute approximate surface area is 202 Å². The van der Waals surface area contributed by atoms with Gasteiger partial charge in [-0.3, -0.25) is 4.79 Å². The molecular formula is C25H42N2O7. The van der Waals surface area contributed by atoms with Gasteiger partial charge in [0.05, 0.1) is 6.10 Å². The number of fused-ring (bicyclic) bond motifs is 3. The number of aliphatic hydroxyl groups excluding tert-OH is 1. The van der Waals surface area contributed by atoms with Crippen LogP contribution in [0.25, 0.3) is 0 Å². The van der Waals surface area contributed by atoms with Crippen molar-refractivity contribution >= 4 is 23.9 Å². The highest BCUT2D eigenvalue weighted by Crippen LogP contribution is 2.61. The van der Waals surface area contributed by atoms with E-state index in [4.69, 9.17) is 30.4 Å². The van der Waals surface area contributed by atoms with E-state index < -0.39 is 11.9 Å². The summed E-state index contributed by atoms with van der Waals surface area (Å²) >= 11 is 0. The molecule has 0 heterocycles. The van der Waals surface area contributed by atoms with Crippen LogP contribution in [-0.2, 0) is 19.2 Å². The van der Waals surface area contributed by atoms with Gasteiger partial charge >= 0.3 is 11.9 Å². The number of carboxylic acids is 2. The molecule has 0 aromatic carbocycles. The molecule has 0 bridgehead atoms. The second-order valence-electron chi connectivity index (χ2n) is 10.7. The molecule has 3 aliphatic rings. The van der Waals surface area contributed by atoms with Gasteiger partial charge in [0.1, 0.15) is 12.4 Å². The minimum Gasteiger partial charge on any atom is -0.473 e. The van der Waals surface area contributed by atoms with Crippen molar-refractivity contribution in [2.24, 2.45) is 45.4 Å². The molecule has 5 N–H and O–H groups in total. The molecule has 0 aromatic rings. The van der Waals surface area contributed by atoms with E-state index >= 15 is 0 Å². The van der Waals surface area contributed by atoms with Crippen molar-refractivity contribution in [1.29, 1.82) is 0 Å². The van der Waals surface area contributed by atoms with Crippen LogP contribution in [0, 0.1) is 34.5 Å². The molecule has 0 spiro atoms. The molecule has 7 atom stereocenters. The Hall–Kier alpha value is -2.00. The number of rotatable bonds is 7. The van der Waals surface area contributed by atoms with E-state index in [9.17, 15) is 9.90 Å². The van der Waals surface area contributed by atoms with Crippen LogP contribution < -0.4 is 5.73 Å². The van der Waals surface area contributed by atoms with Crippen LogP contribution in [0.2, 0.25) is 0 Å². The third-order valence-corrected chi connectivity index (χ3v) is 8.55. The van der Waals surface area contributed by atoms with E-state index in [1.54, 1.807) is 6.21 Å². The number of aliphatic hydroxyl groups is 1. The fraction of sp³-hybridized carbons (Fsp3) is 0.840. The van der Waals surface area contributed by atoms with Gasteiger partial charge in [-0.25, -0.2) is 9.59 Å². The van der Waals surface area contributed by atoms with Gasteiger partial charge in [0, 0.05) is 24.1 Å². The molecule has 3 aliphatic carbocycles. The Bertz CT molecular complexity index is 746. The second-order valence-corrected chi connectivity index (χ2v) is 10.7. The maximum atomic E-state index is 13.4. The lowest BCUT2D eigenvalue weighted by Crippen LogP contribution is -2.56. The van der Waals surface area contributed by atoms with Crippen molar-refractivity contribution in [2.45, 2.75) is 84.7 Å². The van der Waals surface area contributed by atoms with Gasteiger partial charge in [-0.2, -0.15) is 0 Å². The van der Waals surface area contributed by atoms with Gasteiger partial charge in [0.25, 0.3) is 0 Å². The van der Waals surface area contributed by atoms with Gasteiger partial charge in [-0.15, -0.1) is 0 Å². The minimum atomic E-state index is -1.82. The molecule has 9 heteroatoms. The molecule has 0 saturated heterocycles. The van der Waals surface area contributed by atoms with Crippen LogP contribution in [-0.4, -0.2) is 58.5 Å². The van der Waals surface area contributed by atoms with Crippen LogP contribution in [0.4, 0.5) is 0 Å². The van der Waals surface area contributed by atoms with Crippen molar-refractivity contribution in [3.05, 3.63) is 0 Å². The van der Waals surface area contributed by atoms with E-state index in [0.29, 0.717) is 30.8 Å². The Morgan fingerprint density at radius 1 is 1.21 bits per heavy atom. The molecule has 3 saturated carbocycles. The van der Waals surface area contributed by atoms with Crippen molar-refractivity contribution < 1.29 is 34.5 Å². The fourth-order valence-electron chi connectivity index (χ4n) is 6.83. The number of carboxylic acid groups (broad SMARTS) is 2. The molecule has 194 valence electrons. The summed E-state index contributed by atoms with van der Waals surface area (Å²) in [4.78, 5) is 36.7. The van der Waals surface area contributed by atoms with Gasteiger partial charge < -0.3 is 25.9 Å². The summed E-state index contributed by atoms with van der Waals surface area (Å²) in [7, 11) is 0. The van der Waals surface area contributed by atoms with Crippen LogP contribution in [0.1, 0.15) is 78.6 Å². The van der Waals surface area contributed by atoms with Crippen LogP contribution in [0.3, 0.4) is 0 Å². The molecule has 1 unspecified atom stereocenters. The molecule has 34 heavy (non-hydrogen) atoms. The zero-order chi connectivity index (χ0) is 25.5. The quantitative estimate of drug-likeness (QED) is 0.186. The van der Waals surface area contributed by atoms with Crippen molar-refractivity contribution in [1.82, 2.24) is 0 Å². The first-order valence-corrected chi connectivity index (χ1v) is 12.5. The largest absolute Gasteiger partial charge is 0.473 e. The molecule has 0 aromatic heterocycles. The number of carbonyl (C=O) groups excluding carboxylic acids is 1. The van der Waals surface area contributed by atoms with Gasteiger partial charge in [0.15, 0.2) is 0 Å². The number of oxime groups is 1. The maximum Gasteiger partial charge on any atom is 0.414 e. The zero-order valence-electron chi connectivity index (χ0n) is 20.7. The third kappa shape index (κ3) is 6.36. The number of ketones is 1. The standard InChI is InChI=1S/C23H40N2O3.C2H2O4/c1-4-9-22(2)10-7-19-18(21(22)27)6-5-17-14-20(26)16(15-23(17,19)3)8-12-25-28-13-11-24;3-1(4)2(5)6/h12,16-20,26H,4-11,13-15,24H2,1-3H3;(H,3,4)(H,5,6)/b25-12-;/t16?,17-,18-,19+,20-,22+,23+;/m1./s1. The van der Waals surface area contributed by atoms with Gasteiger partial charge in [-0.1, -0.05) is 32.3 Å². The van der Waals surface area contributed by atoms with Crippen molar-refractivity contribution in [3.8, 4) is 0 Å². The molecule has 0 radical (unpaired) electrons. The first kappa shape index (κ1) is 28.2. The van der Waals surface area contributed by atoms with Crippen molar-refractivity contribution in [3.63, 3.8) is 0 Å². The predicted octanol–water partition coefficient (Wildman–Crippen LogP) is 3.08. The van der Waals surface area contributed by atoms with E-state index in [1.165, 1.54) is 0 Å². The number of aliphatic carboxylic acids is 2. The predicted molar refractivity (Wildman–Crippen MR) is 127 cm³/mol. The topological polar surface area (TPSA) is 160 Å². The second kappa shape index (κ2) is 12.1. The Balaban J connectivity index is 0.000000604. The average Bonchev–Trinajstić information content (AvgIpc) is 2.77. The summed E-state index contributed by atoms with van der Waals surface area (Å²) < 4.78 is 0. The Kier molecular flexibility index (Phi) is 10.1. The van der Waals surface area contributed by atoms with E-state index in [0.717, 1.165) is 57.8 Å². The lowest BCUT2D eigenvalue weighted by molar-refractivity contribution is -0.159. The van der Waals surface area contributed by atoms with E-state index in [1.807, 2.05) is 0 Å². The normalized spacial score (nSPS) is 37.2. The van der Waals surface area contributed by atoms with Gasteiger partial charge in [-0.05, 0) is 74.5 Å². The van der Waals surface area contributed by atoms with Crippen LogP contribution in [0.5, 0.6) is 0 Å². The summed E-state index contributed by atoms with van der Waals surface area (Å²) in [5, 5.41) is 29.5. The molecular weight excluding hydrogens is 440 g/mol. The summed E-state index contributed by atoms with van der Waals surface area (Å²) in [5.41, 5.74) is 5.45. The molecule has 0 aliphatic heterocycles. The number of hydrogen-bond donors (Lipinski definition) is 4. The lowest BCUT2D eigenvalue weighted by atomic mass is 9.45. The molecule has 3 fully saturated rings. The first-order valence-electron chi connectivity index (χ1n) is 12.5. The number of nitrogens with two attached hydrogens (primary N) is 1. The highest BCUT2D eigenvalue weighted by atomic mass is 16.6. The summed E-state index contributed by atoms with van der Waals surface area (Å²) in [6.45, 7) is 7.68. The Morgan fingerprint density at radius 3 is 2.47 bits per heavy atom. The van der Waals surface area contributed by atoms with E-state index in [2.05, 4.69) is 25.9 Å². The van der Waals surface area contributed by atoms with Gasteiger partial charge in [0.2, 0.25) is 0 Å². The number of nitrogens with zero attached hydrogens (tertiary/aromatic N) is 1. The number of hydrogen-bond acceptors (Lipinski definition) is 7. The SMILES string of the molecule is CCC[C@@]1(C)CC[C@H]2[C@@H](CC[C@@H]3C[C@@H](O)C(C/C=N\OCCN)C[C@@]32C)C1=O.O=C(O)C(=O)O. The molecule has 3 rings (SSSR count). The Morgan fingerprint density at radius 2 is 1.88 bits per heavy atom. The minimum absolute atomic E-state index is 0.111. The third-order valence-electron chi connectivity index (χ3n) is 8.55. The summed E-state index contributed by atoms with van der Waals surface area (Å²) in [6.07, 6.45) is 10.5. The summed E-state index contributed by atoms with van der Waals surface area (Å²) in [6, 6.07) is 0. The van der Waals surface area contributed by atoms with Crippen LogP contribution in [0.15, 0.2) is 5.16 Å². The lowest BCUT2D eigenvalue weighted by Gasteiger charge is -2.59. The molecule has 9 nitrogen and oxygen atoms in total. The maximum absolute atomic E-state index is 13.4. The average molecular weight is 483 g/mol. The monoisotopic (exact) mass is 482 g/mol. The molecule has 0 amide bonds. The van der Waals surface area contributed by atoms with Crippen LogP contribution >= 0.6 is 0 Å². The first-order chi connectivity index (χ1) is 16.0. The zero-order valence-corrected chi connectivity index (χ0v) is 20.7. The number of Topliss-reactive ketones (excluding diaryl/α,β-unsaturated/α-hetero) is 1. The van der Waals surface area contributed by atoms with Crippen molar-refractivity contribution in [2.75, 3.05) is 13.2 Å². The van der Waals surface area contributed by atoms with E-state index in [-0.39, 0.29) is 28.8 Å². The number of carbonyl (C=O) groups is 3. The highest BCUT2D eigenvalue weighted by molar-refractivity contribution is 6.27. The highest BCUT2D eigenvalue weighted by Gasteiger charge is 2.57. The fourth-order valence-corrected chi connectivity index (χ4v) is 6.83.